The molecule has 0 N–H and O–H groups in total. The van der Waals surface area contributed by atoms with Crippen LogP contribution in [0.2, 0.25) is 10.0 Å². The van der Waals surface area contributed by atoms with E-state index in [9.17, 15) is 8.78 Å². The summed E-state index contributed by atoms with van der Waals surface area (Å²) >= 11 is 14.4. The van der Waals surface area contributed by atoms with Crippen LogP contribution in [0.1, 0.15) is 11.1 Å². The monoisotopic (exact) mass is 366 g/mol. The molecule has 19 heavy (non-hydrogen) atoms. The van der Waals surface area contributed by atoms with Crippen molar-refractivity contribution in [3.63, 3.8) is 0 Å². The van der Waals surface area contributed by atoms with E-state index < -0.39 is 0 Å². The largest absolute Gasteiger partial charge is 0.207 e. The molecular formula is C14H11BrCl2F2. The lowest BCUT2D eigenvalue weighted by molar-refractivity contribution is 0.617. The molecule has 0 aromatic heterocycles. The first-order valence-electron chi connectivity index (χ1n) is 5.36. The number of hydrogen-bond acceptors (Lipinski definition) is 0. The Labute approximate surface area is 129 Å². The van der Waals surface area contributed by atoms with Gasteiger partial charge in [-0.25, -0.2) is 8.78 Å². The molecule has 5 heteroatoms. The van der Waals surface area contributed by atoms with E-state index in [1.54, 1.807) is 31.2 Å². The first-order chi connectivity index (χ1) is 8.97. The third-order valence-corrected chi connectivity index (χ3v) is 3.72. The lowest BCUT2D eigenvalue weighted by Crippen LogP contribution is -1.85. The lowest BCUT2D eigenvalue weighted by atomic mass is 10.2. The zero-order valence-corrected chi connectivity index (χ0v) is 13.2. The van der Waals surface area contributed by atoms with Crippen LogP contribution in [0.3, 0.4) is 0 Å². The number of halogens is 5. The Balaban J connectivity index is 0.000000191. The van der Waals surface area contributed by atoms with Gasteiger partial charge in [0.25, 0.3) is 0 Å². The standard InChI is InChI=1S/C7H5BrClF.C7H6ClF/c8-4-5-6(9)2-1-3-7(5)10;1-5-6(8)3-2-4-7(5)9/h1-3H,4H2;2-4H,1H3. The fourth-order valence-corrected chi connectivity index (χ4v) is 2.37. The molecule has 0 aliphatic rings. The normalized spacial score (nSPS) is 9.79. The minimum Gasteiger partial charge on any atom is -0.207 e. The summed E-state index contributed by atoms with van der Waals surface area (Å²) in [7, 11) is 0. The van der Waals surface area contributed by atoms with Crippen molar-refractivity contribution in [1.29, 1.82) is 0 Å². The van der Waals surface area contributed by atoms with Crippen molar-refractivity contribution >= 4 is 39.1 Å². The Kier molecular flexibility index (Phi) is 6.76. The second kappa shape index (κ2) is 7.83. The Bertz CT molecular complexity index is 519. The van der Waals surface area contributed by atoms with Crippen LogP contribution >= 0.6 is 39.1 Å². The first kappa shape index (κ1) is 16.4. The highest BCUT2D eigenvalue weighted by Gasteiger charge is 2.03. The predicted octanol–water partition coefficient (Wildman–Crippen LogP) is 6.16. The molecule has 0 saturated heterocycles. The molecule has 2 aromatic rings. The SMILES string of the molecule is Cc1c(F)cccc1Cl.Fc1cccc(Cl)c1CBr. The zero-order chi connectivity index (χ0) is 14.4. The third kappa shape index (κ3) is 4.75. The highest BCUT2D eigenvalue weighted by atomic mass is 79.9. The van der Waals surface area contributed by atoms with Crippen LogP contribution in [0, 0.1) is 18.6 Å². The van der Waals surface area contributed by atoms with Crippen molar-refractivity contribution < 1.29 is 8.78 Å². The van der Waals surface area contributed by atoms with E-state index in [2.05, 4.69) is 15.9 Å². The summed E-state index contributed by atoms with van der Waals surface area (Å²) in [6.45, 7) is 1.65. The Morgan fingerprint density at radius 1 is 0.947 bits per heavy atom. The van der Waals surface area contributed by atoms with Crippen molar-refractivity contribution in [1.82, 2.24) is 0 Å². The minimum absolute atomic E-state index is 0.248. The molecular weight excluding hydrogens is 357 g/mol. The molecule has 0 amide bonds. The topological polar surface area (TPSA) is 0 Å². The zero-order valence-electron chi connectivity index (χ0n) is 10.1. The van der Waals surface area contributed by atoms with Gasteiger partial charge >= 0.3 is 0 Å². The maximum atomic E-state index is 12.7. The van der Waals surface area contributed by atoms with E-state index in [1.165, 1.54) is 12.1 Å². The van der Waals surface area contributed by atoms with E-state index in [0.29, 0.717) is 26.5 Å². The van der Waals surface area contributed by atoms with Gasteiger partial charge in [0.1, 0.15) is 11.6 Å². The Morgan fingerprint density at radius 3 is 1.84 bits per heavy atom. The second-order valence-electron chi connectivity index (χ2n) is 3.68. The molecule has 0 aliphatic heterocycles. The van der Waals surface area contributed by atoms with Crippen molar-refractivity contribution in [3.8, 4) is 0 Å². The van der Waals surface area contributed by atoms with Crippen LogP contribution in [-0.2, 0) is 5.33 Å². The highest BCUT2D eigenvalue weighted by molar-refractivity contribution is 9.08. The molecule has 0 radical (unpaired) electrons. The van der Waals surface area contributed by atoms with Crippen LogP contribution in [0.5, 0.6) is 0 Å². The van der Waals surface area contributed by atoms with Crippen molar-refractivity contribution in [3.05, 3.63) is 69.2 Å². The average molecular weight is 368 g/mol. The summed E-state index contributed by atoms with van der Waals surface area (Å²) in [6, 6.07) is 9.29. The molecule has 0 unspecified atom stereocenters. The second-order valence-corrected chi connectivity index (χ2v) is 5.06. The first-order valence-corrected chi connectivity index (χ1v) is 7.24. The smallest absolute Gasteiger partial charge is 0.128 e. The number of rotatable bonds is 1. The fraction of sp³-hybridized carbons (Fsp3) is 0.143. The van der Waals surface area contributed by atoms with E-state index in [1.807, 2.05) is 0 Å². The molecule has 2 rings (SSSR count). The molecule has 0 nitrogen and oxygen atoms in total. The molecule has 0 heterocycles. The summed E-state index contributed by atoms with van der Waals surface area (Å²) in [6.07, 6.45) is 0. The van der Waals surface area contributed by atoms with Gasteiger partial charge in [-0.15, -0.1) is 0 Å². The Hall–Kier alpha value is -0.640. The van der Waals surface area contributed by atoms with Crippen molar-refractivity contribution in [2.24, 2.45) is 0 Å². The summed E-state index contributed by atoms with van der Waals surface area (Å²) in [5.41, 5.74) is 1.03. The van der Waals surface area contributed by atoms with Gasteiger partial charge in [0, 0.05) is 26.5 Å². The van der Waals surface area contributed by atoms with Gasteiger partial charge in [-0.2, -0.15) is 0 Å². The van der Waals surface area contributed by atoms with Crippen LogP contribution in [0.4, 0.5) is 8.78 Å². The van der Waals surface area contributed by atoms with Crippen molar-refractivity contribution in [2.75, 3.05) is 0 Å². The van der Waals surface area contributed by atoms with Gasteiger partial charge in [0.15, 0.2) is 0 Å². The number of benzene rings is 2. The van der Waals surface area contributed by atoms with Gasteiger partial charge in [-0.3, -0.25) is 0 Å². The summed E-state index contributed by atoms with van der Waals surface area (Å²) in [5, 5.41) is 1.41. The molecule has 0 saturated carbocycles. The molecule has 0 atom stereocenters. The highest BCUT2D eigenvalue weighted by Crippen LogP contribution is 2.20. The van der Waals surface area contributed by atoms with E-state index in [0.717, 1.165) is 0 Å². The van der Waals surface area contributed by atoms with Gasteiger partial charge in [-0.05, 0) is 31.2 Å². The van der Waals surface area contributed by atoms with E-state index >= 15 is 0 Å². The third-order valence-electron chi connectivity index (χ3n) is 2.40. The van der Waals surface area contributed by atoms with Crippen LogP contribution in [0.15, 0.2) is 36.4 Å². The average Bonchev–Trinajstić information content (AvgIpc) is 2.37. The number of hydrogen-bond donors (Lipinski definition) is 0. The molecule has 2 aromatic carbocycles. The molecule has 102 valence electrons. The number of alkyl halides is 1. The molecule has 0 aliphatic carbocycles. The van der Waals surface area contributed by atoms with Crippen LogP contribution in [0.25, 0.3) is 0 Å². The predicted molar refractivity (Wildman–Crippen MR) is 80.2 cm³/mol. The van der Waals surface area contributed by atoms with Gasteiger partial charge in [0.05, 0.1) is 0 Å². The molecule has 0 spiro atoms. The molecule has 0 bridgehead atoms. The van der Waals surface area contributed by atoms with Gasteiger partial charge < -0.3 is 0 Å². The van der Waals surface area contributed by atoms with Crippen LogP contribution < -0.4 is 0 Å². The van der Waals surface area contributed by atoms with Crippen LogP contribution in [-0.4, -0.2) is 0 Å². The lowest BCUT2D eigenvalue weighted by Gasteiger charge is -1.98. The van der Waals surface area contributed by atoms with E-state index in [-0.39, 0.29) is 11.6 Å². The quantitative estimate of drug-likeness (QED) is 0.529. The summed E-state index contributed by atoms with van der Waals surface area (Å²) in [4.78, 5) is 0. The van der Waals surface area contributed by atoms with Gasteiger partial charge in [-0.1, -0.05) is 51.3 Å². The Morgan fingerprint density at radius 2 is 1.47 bits per heavy atom. The molecule has 0 fully saturated rings. The fourth-order valence-electron chi connectivity index (χ4n) is 1.24. The summed E-state index contributed by atoms with van der Waals surface area (Å²) in [5.74, 6) is -0.508. The van der Waals surface area contributed by atoms with Gasteiger partial charge in [0.2, 0.25) is 0 Å². The maximum Gasteiger partial charge on any atom is 0.128 e. The maximum absolute atomic E-state index is 12.7. The van der Waals surface area contributed by atoms with Crippen molar-refractivity contribution in [2.45, 2.75) is 12.3 Å². The minimum atomic E-state index is -0.260. The van der Waals surface area contributed by atoms with E-state index in [4.69, 9.17) is 23.2 Å². The summed E-state index contributed by atoms with van der Waals surface area (Å²) < 4.78 is 25.2.